The van der Waals surface area contributed by atoms with Crippen LogP contribution in [0.5, 0.6) is 0 Å². The highest BCUT2D eigenvalue weighted by Crippen LogP contribution is 2.40. The van der Waals surface area contributed by atoms with E-state index in [1.54, 1.807) is 0 Å². The monoisotopic (exact) mass is 641 g/mol. The summed E-state index contributed by atoms with van der Waals surface area (Å²) in [5.74, 6) is 1.73. The molecular weight excluding hydrogens is 615 g/mol. The van der Waals surface area contributed by atoms with Crippen molar-refractivity contribution in [3.05, 3.63) is 164 Å². The van der Waals surface area contributed by atoms with Crippen LogP contribution in [0.1, 0.15) is 0 Å². The molecule has 0 N–H and O–H groups in total. The van der Waals surface area contributed by atoms with Crippen molar-refractivity contribution in [3.8, 4) is 56.4 Å². The highest BCUT2D eigenvalue weighted by atomic mass is 16.3. The van der Waals surface area contributed by atoms with Gasteiger partial charge in [0.25, 0.3) is 0 Å². The van der Waals surface area contributed by atoms with Gasteiger partial charge in [-0.15, -0.1) is 0 Å². The molecule has 5 nitrogen and oxygen atoms in total. The Bertz CT molecular complexity index is 2850. The number of fused-ring (bicyclic) bond motifs is 6. The fourth-order valence-corrected chi connectivity index (χ4v) is 6.97. The topological polar surface area (TPSA) is 65.0 Å². The Balaban J connectivity index is 1.22. The number of hydrogen-bond donors (Lipinski definition) is 0. The number of furan rings is 2. The predicted molar refractivity (Wildman–Crippen MR) is 202 cm³/mol. The molecule has 10 rings (SSSR count). The van der Waals surface area contributed by atoms with Crippen LogP contribution >= 0.6 is 0 Å². The van der Waals surface area contributed by atoms with Crippen molar-refractivity contribution in [3.63, 3.8) is 0 Å². The fraction of sp³-hybridized carbons (Fsp3) is 0. The number of hydrogen-bond acceptors (Lipinski definition) is 5. The van der Waals surface area contributed by atoms with Crippen LogP contribution in [0.3, 0.4) is 0 Å². The smallest absolute Gasteiger partial charge is 0.164 e. The lowest BCUT2D eigenvalue weighted by atomic mass is 10.0. The quantitative estimate of drug-likeness (QED) is 0.187. The average Bonchev–Trinajstić information content (AvgIpc) is 3.77. The Morgan fingerprint density at radius 3 is 1.42 bits per heavy atom. The van der Waals surface area contributed by atoms with E-state index in [1.807, 2.05) is 60.7 Å². The number of benzene rings is 7. The molecule has 0 fully saturated rings. The number of aromatic nitrogens is 3. The first-order valence-electron chi connectivity index (χ1n) is 16.6. The van der Waals surface area contributed by atoms with Gasteiger partial charge < -0.3 is 8.83 Å². The maximum Gasteiger partial charge on any atom is 0.164 e. The molecule has 0 aliphatic rings. The maximum atomic E-state index is 6.40. The Morgan fingerprint density at radius 1 is 0.300 bits per heavy atom. The normalized spacial score (nSPS) is 11.6. The minimum absolute atomic E-state index is 0.570. The summed E-state index contributed by atoms with van der Waals surface area (Å²) in [6.07, 6.45) is 0. The summed E-state index contributed by atoms with van der Waals surface area (Å²) in [6, 6.07) is 55.7. The Kier molecular flexibility index (Phi) is 6.42. The summed E-state index contributed by atoms with van der Waals surface area (Å²) in [6.45, 7) is 0. The molecule has 7 aromatic carbocycles. The molecule has 0 aliphatic heterocycles. The maximum absolute atomic E-state index is 6.40. The summed E-state index contributed by atoms with van der Waals surface area (Å²) in [5, 5.41) is 3.97. The molecule has 0 spiro atoms. The van der Waals surface area contributed by atoms with E-state index in [0.717, 1.165) is 82.8 Å². The molecule has 50 heavy (non-hydrogen) atoms. The van der Waals surface area contributed by atoms with Crippen LogP contribution in [0, 0.1) is 0 Å². The lowest BCUT2D eigenvalue weighted by Gasteiger charge is -2.10. The van der Waals surface area contributed by atoms with Gasteiger partial charge in [-0.25, -0.2) is 15.0 Å². The van der Waals surface area contributed by atoms with Crippen molar-refractivity contribution in [2.75, 3.05) is 0 Å². The molecular formula is C45H27N3O2. The molecule has 0 saturated carbocycles. The summed E-state index contributed by atoms with van der Waals surface area (Å²) in [4.78, 5) is 15.5. The van der Waals surface area contributed by atoms with E-state index in [4.69, 9.17) is 23.8 Å². The molecule has 234 valence electrons. The van der Waals surface area contributed by atoms with Gasteiger partial charge in [0.15, 0.2) is 17.5 Å². The SMILES string of the molecule is c1ccc(-c2ccc(-c3nc(-c4cccc5oc6ccccc6c45)nc(-c4cccc5oc6ccc(-c7ccccc7)cc6c45)n3)cc2)cc1. The van der Waals surface area contributed by atoms with Gasteiger partial charge in [-0.1, -0.05) is 133 Å². The summed E-state index contributed by atoms with van der Waals surface area (Å²) >= 11 is 0. The van der Waals surface area contributed by atoms with Gasteiger partial charge in [-0.2, -0.15) is 0 Å². The van der Waals surface area contributed by atoms with E-state index in [2.05, 4.69) is 103 Å². The van der Waals surface area contributed by atoms with Gasteiger partial charge in [-0.3, -0.25) is 0 Å². The molecule has 10 aromatic rings. The molecule has 0 atom stereocenters. The van der Waals surface area contributed by atoms with Gasteiger partial charge in [0.1, 0.15) is 22.3 Å². The average molecular weight is 642 g/mol. The zero-order valence-corrected chi connectivity index (χ0v) is 26.7. The van der Waals surface area contributed by atoms with Gasteiger partial charge in [-0.05, 0) is 52.6 Å². The first-order chi connectivity index (χ1) is 24.8. The van der Waals surface area contributed by atoms with Gasteiger partial charge in [0.05, 0.1) is 0 Å². The second-order valence-electron chi connectivity index (χ2n) is 12.4. The molecule has 3 aromatic heterocycles. The van der Waals surface area contributed by atoms with Crippen LogP contribution in [-0.2, 0) is 0 Å². The lowest BCUT2D eigenvalue weighted by molar-refractivity contribution is 0.668. The molecule has 0 bridgehead atoms. The molecule has 0 amide bonds. The minimum Gasteiger partial charge on any atom is -0.456 e. The second-order valence-corrected chi connectivity index (χ2v) is 12.4. The van der Waals surface area contributed by atoms with Crippen molar-refractivity contribution in [1.82, 2.24) is 15.0 Å². The van der Waals surface area contributed by atoms with Crippen molar-refractivity contribution in [2.24, 2.45) is 0 Å². The zero-order chi connectivity index (χ0) is 33.0. The molecule has 5 heteroatoms. The van der Waals surface area contributed by atoms with Crippen LogP contribution in [0.2, 0.25) is 0 Å². The minimum atomic E-state index is 0.570. The third-order valence-electron chi connectivity index (χ3n) is 9.37. The van der Waals surface area contributed by atoms with Crippen LogP contribution in [-0.4, -0.2) is 15.0 Å². The number of rotatable bonds is 5. The Hall–Kier alpha value is -6.85. The zero-order valence-electron chi connectivity index (χ0n) is 26.7. The van der Waals surface area contributed by atoms with Gasteiger partial charge in [0.2, 0.25) is 0 Å². The van der Waals surface area contributed by atoms with E-state index in [0.29, 0.717) is 17.5 Å². The third kappa shape index (κ3) is 4.67. The molecule has 3 heterocycles. The summed E-state index contributed by atoms with van der Waals surface area (Å²) in [7, 11) is 0. The highest BCUT2D eigenvalue weighted by molar-refractivity contribution is 6.14. The van der Waals surface area contributed by atoms with Gasteiger partial charge >= 0.3 is 0 Å². The van der Waals surface area contributed by atoms with Crippen LogP contribution in [0.25, 0.3) is 100 Å². The number of para-hydroxylation sites is 1. The van der Waals surface area contributed by atoms with E-state index < -0.39 is 0 Å². The van der Waals surface area contributed by atoms with Crippen LogP contribution in [0.15, 0.2) is 173 Å². The van der Waals surface area contributed by atoms with Crippen molar-refractivity contribution >= 4 is 43.9 Å². The van der Waals surface area contributed by atoms with E-state index >= 15 is 0 Å². The lowest BCUT2D eigenvalue weighted by Crippen LogP contribution is -2.00. The first kappa shape index (κ1) is 28.2. The van der Waals surface area contributed by atoms with Crippen molar-refractivity contribution < 1.29 is 8.83 Å². The fourth-order valence-electron chi connectivity index (χ4n) is 6.97. The third-order valence-corrected chi connectivity index (χ3v) is 9.37. The predicted octanol–water partition coefficient (Wildman–Crippen LogP) is 12.0. The highest BCUT2D eigenvalue weighted by Gasteiger charge is 2.20. The first-order valence-corrected chi connectivity index (χ1v) is 16.6. The Morgan fingerprint density at radius 2 is 0.760 bits per heavy atom. The van der Waals surface area contributed by atoms with Crippen LogP contribution in [0.4, 0.5) is 0 Å². The van der Waals surface area contributed by atoms with Crippen LogP contribution < -0.4 is 0 Å². The van der Waals surface area contributed by atoms with Crippen molar-refractivity contribution in [1.29, 1.82) is 0 Å². The number of nitrogens with zero attached hydrogens (tertiary/aromatic N) is 3. The van der Waals surface area contributed by atoms with E-state index in [9.17, 15) is 0 Å². The summed E-state index contributed by atoms with van der Waals surface area (Å²) < 4.78 is 12.7. The van der Waals surface area contributed by atoms with E-state index in [-0.39, 0.29) is 0 Å². The van der Waals surface area contributed by atoms with E-state index in [1.165, 1.54) is 0 Å². The summed E-state index contributed by atoms with van der Waals surface area (Å²) in [5.41, 5.74) is 10.4. The molecule has 0 radical (unpaired) electrons. The molecule has 0 saturated heterocycles. The Labute approximate surface area is 287 Å². The standard InChI is InChI=1S/C45H27N3O2/c1-3-11-28(12-4-1)30-21-23-31(24-22-30)43-46-44(34-16-9-19-39-41(34)33-15-7-8-18-37(33)49-39)48-45(47-43)35-17-10-20-40-42(35)36-27-32(25-26-38(36)50-40)29-13-5-2-6-14-29/h1-27H. The van der Waals surface area contributed by atoms with Gasteiger partial charge in [0, 0.05) is 38.2 Å². The molecule has 0 aliphatic carbocycles. The molecule has 0 unspecified atom stereocenters. The second kappa shape index (κ2) is 11.4. The largest absolute Gasteiger partial charge is 0.456 e. The van der Waals surface area contributed by atoms with Crippen molar-refractivity contribution in [2.45, 2.75) is 0 Å².